The van der Waals surface area contributed by atoms with E-state index >= 15 is 0 Å². The van der Waals surface area contributed by atoms with Gasteiger partial charge >= 0.3 is 12.1 Å². The van der Waals surface area contributed by atoms with Gasteiger partial charge in [-0.1, -0.05) is 54.6 Å². The molecule has 1 amide bonds. The van der Waals surface area contributed by atoms with Gasteiger partial charge in [-0.25, -0.2) is 19.6 Å². The van der Waals surface area contributed by atoms with Gasteiger partial charge in [-0.15, -0.1) is 0 Å². The van der Waals surface area contributed by atoms with Crippen molar-refractivity contribution in [3.05, 3.63) is 71.3 Å². The number of carbonyl (C=O) groups is 2. The topological polar surface area (TPSA) is 110 Å². The van der Waals surface area contributed by atoms with Crippen molar-refractivity contribution in [1.82, 2.24) is 5.32 Å². The first-order chi connectivity index (χ1) is 15.4. The van der Waals surface area contributed by atoms with Crippen LogP contribution in [0, 0.1) is 0 Å². The molecular weight excluding hydrogens is 410 g/mol. The number of carboxylic acids is 1. The Hall–Kier alpha value is -3.52. The van der Waals surface area contributed by atoms with Gasteiger partial charge < -0.3 is 19.9 Å². The van der Waals surface area contributed by atoms with Gasteiger partial charge in [0, 0.05) is 31.7 Å². The van der Waals surface area contributed by atoms with Crippen LogP contribution < -0.4 is 5.32 Å². The molecule has 0 aliphatic rings. The number of benzene rings is 2. The van der Waals surface area contributed by atoms with E-state index in [0.29, 0.717) is 12.3 Å². The largest absolute Gasteiger partial charge is 0.480 e. The molecule has 0 spiro atoms. The van der Waals surface area contributed by atoms with E-state index in [1.54, 1.807) is 44.5 Å². The third-order valence-electron chi connectivity index (χ3n) is 4.61. The van der Waals surface area contributed by atoms with Crippen molar-refractivity contribution in [2.24, 2.45) is 9.98 Å². The maximum atomic E-state index is 12.0. The second kappa shape index (κ2) is 13.0. The van der Waals surface area contributed by atoms with Crippen molar-refractivity contribution in [3.8, 4) is 0 Å². The summed E-state index contributed by atoms with van der Waals surface area (Å²) in [6.45, 7) is 3.77. The van der Waals surface area contributed by atoms with Crippen molar-refractivity contribution >= 4 is 24.1 Å². The minimum atomic E-state index is -1.14. The molecule has 0 bridgehead atoms. The second-order valence-electron chi connectivity index (χ2n) is 6.98. The summed E-state index contributed by atoms with van der Waals surface area (Å²) in [6.07, 6.45) is 1.20. The zero-order valence-corrected chi connectivity index (χ0v) is 18.5. The normalized spacial score (nSPS) is 13.5. The number of carbonyl (C=O) groups excluding carboxylic acids is 1. The fraction of sp³-hybridized carbons (Fsp3) is 0.333. The minimum Gasteiger partial charge on any atom is -0.480 e. The van der Waals surface area contributed by atoms with E-state index in [2.05, 4.69) is 15.3 Å². The number of nitrogens with zero attached hydrogens (tertiary/aromatic N) is 2. The fourth-order valence-corrected chi connectivity index (χ4v) is 2.85. The van der Waals surface area contributed by atoms with Crippen LogP contribution in [-0.2, 0) is 27.1 Å². The molecule has 0 aromatic heterocycles. The molecule has 8 heteroatoms. The molecule has 0 saturated carbocycles. The predicted octanol–water partition coefficient (Wildman–Crippen LogP) is 3.48. The lowest BCUT2D eigenvalue weighted by molar-refractivity contribution is -0.139. The zero-order valence-electron chi connectivity index (χ0n) is 18.5. The molecule has 2 rings (SSSR count). The first-order valence-corrected chi connectivity index (χ1v) is 10.3. The number of amidine groups is 1. The van der Waals surface area contributed by atoms with Crippen LogP contribution in [0.25, 0.3) is 0 Å². The van der Waals surface area contributed by atoms with Crippen LogP contribution in [0.1, 0.15) is 30.5 Å². The molecule has 2 aromatic rings. The van der Waals surface area contributed by atoms with Crippen molar-refractivity contribution in [2.75, 3.05) is 13.7 Å². The highest BCUT2D eigenvalue weighted by Gasteiger charge is 2.21. The van der Waals surface area contributed by atoms with Gasteiger partial charge in [0.25, 0.3) is 0 Å². The highest BCUT2D eigenvalue weighted by Crippen LogP contribution is 2.11. The number of hydrogen-bond acceptors (Lipinski definition) is 5. The summed E-state index contributed by atoms with van der Waals surface area (Å²) in [5, 5.41) is 11.9. The molecule has 0 aliphatic heterocycles. The number of aliphatic carboxylic acids is 1. The summed E-state index contributed by atoms with van der Waals surface area (Å²) >= 11 is 0. The number of amides is 1. The van der Waals surface area contributed by atoms with Crippen molar-refractivity contribution in [1.29, 1.82) is 0 Å². The third kappa shape index (κ3) is 8.31. The molecule has 8 nitrogen and oxygen atoms in total. The van der Waals surface area contributed by atoms with Gasteiger partial charge in [0.1, 0.15) is 12.3 Å². The molecule has 170 valence electrons. The quantitative estimate of drug-likeness (QED) is 0.435. The van der Waals surface area contributed by atoms with Crippen LogP contribution in [0.3, 0.4) is 0 Å². The molecular formula is C24H29N3O5. The molecule has 1 unspecified atom stereocenters. The highest BCUT2D eigenvalue weighted by molar-refractivity contribution is 6.02. The smallest absolute Gasteiger partial charge is 0.407 e. The number of hydrogen-bond donors (Lipinski definition) is 2. The monoisotopic (exact) mass is 439 g/mol. The Morgan fingerprint density at radius 2 is 1.78 bits per heavy atom. The number of rotatable bonds is 10. The van der Waals surface area contributed by atoms with Crippen LogP contribution in [-0.4, -0.2) is 55.2 Å². The van der Waals surface area contributed by atoms with E-state index in [1.807, 2.05) is 37.3 Å². The summed E-state index contributed by atoms with van der Waals surface area (Å²) in [7, 11) is 1.57. The average Bonchev–Trinajstić information content (AvgIpc) is 2.79. The standard InChI is InChI=1S/C24H29N3O5/c1-4-25-22(26-17(2)31-3)20-12-10-19(11-13-20)16-21(23(28)29)27-24(30)32-15-14-18-8-6-5-7-9-18/h4-13,17,21H,14-16H2,1-3H3,(H,27,30)(H,28,29)/t17?,21-/m0/s1. The number of nitrogens with one attached hydrogen (secondary N) is 1. The van der Waals surface area contributed by atoms with E-state index in [9.17, 15) is 14.7 Å². The zero-order chi connectivity index (χ0) is 23.3. The summed E-state index contributed by atoms with van der Waals surface area (Å²) < 4.78 is 10.3. The maximum absolute atomic E-state index is 12.0. The number of aliphatic imine (C=N–C) groups is 2. The van der Waals surface area contributed by atoms with Crippen molar-refractivity contribution in [2.45, 2.75) is 39.0 Å². The SMILES string of the molecule is CC=NC(=NC(C)OC)c1ccc(C[C@H](NC(=O)OCCc2ccccc2)C(=O)O)cc1. The molecule has 2 atom stereocenters. The molecule has 0 radical (unpaired) electrons. The molecule has 0 aliphatic carbocycles. The second-order valence-corrected chi connectivity index (χ2v) is 6.98. The fourth-order valence-electron chi connectivity index (χ4n) is 2.85. The van der Waals surface area contributed by atoms with E-state index in [4.69, 9.17) is 9.47 Å². The van der Waals surface area contributed by atoms with E-state index in [-0.39, 0.29) is 19.3 Å². The lowest BCUT2D eigenvalue weighted by Crippen LogP contribution is -2.42. The number of carboxylic acid groups (broad SMARTS) is 1. The Kier molecular flexibility index (Phi) is 10.1. The maximum Gasteiger partial charge on any atom is 0.407 e. The van der Waals surface area contributed by atoms with Crippen LogP contribution >= 0.6 is 0 Å². The average molecular weight is 440 g/mol. The summed E-state index contributed by atoms with van der Waals surface area (Å²) in [6, 6.07) is 15.7. The summed E-state index contributed by atoms with van der Waals surface area (Å²) in [5.41, 5.74) is 2.55. The lowest BCUT2D eigenvalue weighted by atomic mass is 10.0. The van der Waals surface area contributed by atoms with Gasteiger partial charge in [-0.2, -0.15) is 0 Å². The summed E-state index contributed by atoms with van der Waals surface area (Å²) in [4.78, 5) is 32.3. The number of methoxy groups -OCH3 is 1. The van der Waals surface area contributed by atoms with Crippen LogP contribution in [0.15, 0.2) is 64.6 Å². The number of alkyl carbamates (subject to hydrolysis) is 1. The Balaban J connectivity index is 1.96. The number of ether oxygens (including phenoxy) is 2. The Morgan fingerprint density at radius 1 is 1.09 bits per heavy atom. The van der Waals surface area contributed by atoms with Crippen molar-refractivity contribution < 1.29 is 24.2 Å². The van der Waals surface area contributed by atoms with E-state index < -0.39 is 18.1 Å². The van der Waals surface area contributed by atoms with Crippen molar-refractivity contribution in [3.63, 3.8) is 0 Å². The first-order valence-electron chi connectivity index (χ1n) is 10.3. The van der Waals surface area contributed by atoms with Gasteiger partial charge in [-0.05, 0) is 25.0 Å². The lowest BCUT2D eigenvalue weighted by Gasteiger charge is -2.15. The molecule has 32 heavy (non-hydrogen) atoms. The van der Waals surface area contributed by atoms with E-state index in [1.165, 1.54) is 0 Å². The van der Waals surface area contributed by atoms with Crippen LogP contribution in [0.4, 0.5) is 4.79 Å². The van der Waals surface area contributed by atoms with Gasteiger partial charge in [-0.3, -0.25) is 0 Å². The Bertz CT molecular complexity index is 926. The molecule has 2 N–H and O–H groups in total. The summed E-state index contributed by atoms with van der Waals surface area (Å²) in [5.74, 6) is -0.621. The van der Waals surface area contributed by atoms with Gasteiger partial charge in [0.2, 0.25) is 0 Å². The predicted molar refractivity (Wildman–Crippen MR) is 123 cm³/mol. The van der Waals surface area contributed by atoms with Crippen LogP contribution in [0.2, 0.25) is 0 Å². The van der Waals surface area contributed by atoms with Gasteiger partial charge in [0.15, 0.2) is 5.84 Å². The van der Waals surface area contributed by atoms with E-state index in [0.717, 1.165) is 16.7 Å². The highest BCUT2D eigenvalue weighted by atomic mass is 16.5. The molecule has 0 saturated heterocycles. The minimum absolute atomic E-state index is 0.112. The Morgan fingerprint density at radius 3 is 2.38 bits per heavy atom. The Labute approximate surface area is 188 Å². The first kappa shape index (κ1) is 24.7. The van der Waals surface area contributed by atoms with Gasteiger partial charge in [0.05, 0.1) is 6.61 Å². The molecule has 0 fully saturated rings. The third-order valence-corrected chi connectivity index (χ3v) is 4.61. The van der Waals surface area contributed by atoms with Crippen LogP contribution in [0.5, 0.6) is 0 Å². The molecule has 2 aromatic carbocycles. The molecule has 0 heterocycles.